The lowest BCUT2D eigenvalue weighted by atomic mass is 10.4. The molecule has 0 bridgehead atoms. The summed E-state index contributed by atoms with van der Waals surface area (Å²) in [4.78, 5) is 0. The minimum Gasteiger partial charge on any atom is -0.260 e. The summed E-state index contributed by atoms with van der Waals surface area (Å²) in [7, 11) is 0. The quantitative estimate of drug-likeness (QED) is 0.455. The maximum Gasteiger partial charge on any atom is 0.0334 e. The van der Waals surface area contributed by atoms with Gasteiger partial charge in [0.2, 0.25) is 0 Å². The van der Waals surface area contributed by atoms with Crippen LogP contribution in [0.3, 0.4) is 0 Å². The minimum atomic E-state index is 1.09. The zero-order chi connectivity index (χ0) is 4.24. The van der Waals surface area contributed by atoms with E-state index >= 15 is 0 Å². The van der Waals surface area contributed by atoms with Crippen LogP contribution in [-0.4, -0.2) is 6.54 Å². The van der Waals surface area contributed by atoms with E-state index in [4.69, 9.17) is 0 Å². The second-order valence-corrected chi connectivity index (χ2v) is 1.84. The maximum absolute atomic E-state index is 3.06. The van der Waals surface area contributed by atoms with E-state index in [0.717, 1.165) is 13.0 Å². The summed E-state index contributed by atoms with van der Waals surface area (Å²) < 4.78 is 3.06. The van der Waals surface area contributed by atoms with Gasteiger partial charge in [-0.3, -0.25) is 4.72 Å². The van der Waals surface area contributed by atoms with Gasteiger partial charge < -0.3 is 0 Å². The lowest BCUT2D eigenvalue weighted by molar-refractivity contribution is 0.928. The Morgan fingerprint density at radius 3 is 3.00 bits per heavy atom. The lowest BCUT2D eigenvalue weighted by Crippen LogP contribution is -2.05. The van der Waals surface area contributed by atoms with Gasteiger partial charge in [-0.2, -0.15) is 0 Å². The third kappa shape index (κ3) is 1.03. The van der Waals surface area contributed by atoms with Crippen molar-refractivity contribution in [2.45, 2.75) is 6.42 Å². The Morgan fingerprint density at radius 2 is 2.83 bits per heavy atom. The van der Waals surface area contributed by atoms with Crippen LogP contribution in [0.15, 0.2) is 6.08 Å². The van der Waals surface area contributed by atoms with E-state index in [1.54, 1.807) is 0 Å². The van der Waals surface area contributed by atoms with Gasteiger partial charge in [0.1, 0.15) is 0 Å². The summed E-state index contributed by atoms with van der Waals surface area (Å²) >= 11 is 1.54. The Morgan fingerprint density at radius 1 is 1.83 bits per heavy atom. The summed E-state index contributed by atoms with van der Waals surface area (Å²) in [5, 5.41) is 2.97. The zero-order valence-corrected chi connectivity index (χ0v) is 4.22. The number of nitrogens with one attached hydrogen (secondary N) is 1. The molecule has 33 valence electrons. The van der Waals surface area contributed by atoms with E-state index in [2.05, 4.69) is 10.1 Å². The molecule has 0 aliphatic carbocycles. The van der Waals surface area contributed by atoms with Crippen molar-refractivity contribution in [1.82, 2.24) is 4.72 Å². The molecule has 2 heteroatoms. The Bertz CT molecular complexity index is 52.6. The molecule has 1 N–H and O–H groups in total. The van der Waals surface area contributed by atoms with Crippen molar-refractivity contribution in [2.24, 2.45) is 0 Å². The molecule has 0 saturated carbocycles. The van der Waals surface area contributed by atoms with Crippen molar-refractivity contribution in [3.8, 4) is 0 Å². The Labute approximate surface area is 41.9 Å². The zero-order valence-electron chi connectivity index (χ0n) is 3.40. The highest BCUT2D eigenvalue weighted by molar-refractivity contribution is 7.99. The van der Waals surface area contributed by atoms with Gasteiger partial charge >= 0.3 is 0 Å². The summed E-state index contributed by atoms with van der Waals surface area (Å²) in [6.45, 7) is 1.09. The van der Waals surface area contributed by atoms with Crippen LogP contribution in [0.2, 0.25) is 0 Å². The third-order valence-corrected chi connectivity index (χ3v) is 1.24. The molecule has 1 rings (SSSR count). The van der Waals surface area contributed by atoms with Gasteiger partial charge in [-0.25, -0.2) is 0 Å². The SMILES string of the molecule is [C]1=CCCNS1. The van der Waals surface area contributed by atoms with Crippen LogP contribution >= 0.6 is 11.9 Å². The van der Waals surface area contributed by atoms with E-state index < -0.39 is 0 Å². The van der Waals surface area contributed by atoms with E-state index in [9.17, 15) is 0 Å². The summed E-state index contributed by atoms with van der Waals surface area (Å²) in [5.74, 6) is 0. The molecule has 0 atom stereocenters. The highest BCUT2D eigenvalue weighted by atomic mass is 32.2. The van der Waals surface area contributed by atoms with Gasteiger partial charge in [-0.05, 0) is 18.4 Å². The van der Waals surface area contributed by atoms with Crippen LogP contribution < -0.4 is 4.72 Å². The molecule has 0 spiro atoms. The fourth-order valence-corrected chi connectivity index (χ4v) is 0.829. The molecule has 1 nitrogen and oxygen atoms in total. The molecule has 1 aliphatic rings. The first-order valence-corrected chi connectivity index (χ1v) is 2.78. The number of rotatable bonds is 0. The molecule has 0 fully saturated rings. The summed E-state index contributed by atoms with van der Waals surface area (Å²) in [5.41, 5.74) is 0. The van der Waals surface area contributed by atoms with Gasteiger partial charge in [0.15, 0.2) is 0 Å². The fraction of sp³-hybridized carbons (Fsp3) is 0.500. The second kappa shape index (κ2) is 2.26. The number of hydrogen-bond donors (Lipinski definition) is 1. The monoisotopic (exact) mass is 100 g/mol. The third-order valence-electron chi connectivity index (χ3n) is 0.605. The van der Waals surface area contributed by atoms with Crippen LogP contribution in [0.4, 0.5) is 0 Å². The van der Waals surface area contributed by atoms with E-state index in [-0.39, 0.29) is 0 Å². The average molecular weight is 100 g/mol. The predicted molar refractivity (Wildman–Crippen MR) is 28.0 cm³/mol. The van der Waals surface area contributed by atoms with Gasteiger partial charge in [-0.15, -0.1) is 0 Å². The van der Waals surface area contributed by atoms with Crippen molar-refractivity contribution in [3.05, 3.63) is 11.5 Å². The van der Waals surface area contributed by atoms with Crippen LogP contribution in [0.5, 0.6) is 0 Å². The normalized spacial score (nSPS) is 21.3. The van der Waals surface area contributed by atoms with Crippen molar-refractivity contribution in [2.75, 3.05) is 6.54 Å². The van der Waals surface area contributed by atoms with Crippen LogP contribution in [0.1, 0.15) is 6.42 Å². The van der Waals surface area contributed by atoms with Gasteiger partial charge in [-0.1, -0.05) is 6.08 Å². The van der Waals surface area contributed by atoms with E-state index in [1.165, 1.54) is 11.9 Å². The molecular weight excluding hydrogens is 94.1 g/mol. The smallest absolute Gasteiger partial charge is 0.0334 e. The first-order chi connectivity index (χ1) is 3.00. The highest BCUT2D eigenvalue weighted by Gasteiger charge is 1.86. The molecule has 0 unspecified atom stereocenters. The average Bonchev–Trinajstić information content (AvgIpc) is 1.72. The van der Waals surface area contributed by atoms with Gasteiger partial charge in [0.25, 0.3) is 0 Å². The van der Waals surface area contributed by atoms with E-state index in [0.29, 0.717) is 0 Å². The molecule has 1 radical (unpaired) electrons. The summed E-state index contributed by atoms with van der Waals surface area (Å²) in [6.07, 6.45) is 3.17. The first kappa shape index (κ1) is 4.22. The predicted octanol–water partition coefficient (Wildman–Crippen LogP) is 0.945. The fourth-order valence-electron chi connectivity index (χ4n) is 0.324. The molecular formula is C4H6NS. The summed E-state index contributed by atoms with van der Waals surface area (Å²) in [6, 6.07) is 0. The Kier molecular flexibility index (Phi) is 1.59. The van der Waals surface area contributed by atoms with Crippen LogP contribution in [0.25, 0.3) is 0 Å². The van der Waals surface area contributed by atoms with Crippen LogP contribution in [0, 0.1) is 5.41 Å². The molecule has 6 heavy (non-hydrogen) atoms. The van der Waals surface area contributed by atoms with E-state index in [1.807, 2.05) is 6.08 Å². The molecule has 1 aliphatic heterocycles. The standard InChI is InChI=1S/C4H6NS/c1-2-4-6-5-3-1/h2,5H,1,3H2. The largest absolute Gasteiger partial charge is 0.260 e. The molecule has 0 aromatic carbocycles. The highest BCUT2D eigenvalue weighted by Crippen LogP contribution is 1.99. The van der Waals surface area contributed by atoms with Crippen molar-refractivity contribution in [1.29, 1.82) is 0 Å². The lowest BCUT2D eigenvalue weighted by Gasteiger charge is -1.99. The second-order valence-electron chi connectivity index (χ2n) is 1.11. The molecule has 0 aromatic heterocycles. The minimum absolute atomic E-state index is 1.09. The van der Waals surface area contributed by atoms with Crippen molar-refractivity contribution in [3.63, 3.8) is 0 Å². The molecule has 0 aromatic rings. The maximum atomic E-state index is 3.06. The van der Waals surface area contributed by atoms with Gasteiger partial charge in [0.05, 0.1) is 0 Å². The Balaban J connectivity index is 2.26. The van der Waals surface area contributed by atoms with Crippen LogP contribution in [-0.2, 0) is 0 Å². The van der Waals surface area contributed by atoms with Gasteiger partial charge in [0, 0.05) is 12.0 Å². The molecule has 0 amide bonds. The molecule has 0 saturated heterocycles. The number of hydrogen-bond acceptors (Lipinski definition) is 2. The topological polar surface area (TPSA) is 12.0 Å². The van der Waals surface area contributed by atoms with Crippen molar-refractivity contribution >= 4 is 11.9 Å². The van der Waals surface area contributed by atoms with Crippen molar-refractivity contribution < 1.29 is 0 Å². The first-order valence-electron chi connectivity index (χ1n) is 1.96. The Hall–Kier alpha value is 0.0500. The molecule has 1 heterocycles.